The molecule has 16 heavy (non-hydrogen) atoms. The molecule has 2 aromatic heterocycles. The van der Waals surface area contributed by atoms with Gasteiger partial charge < -0.3 is 10.4 Å². The highest BCUT2D eigenvalue weighted by atomic mass is 16.4. The van der Waals surface area contributed by atoms with Gasteiger partial charge in [-0.25, -0.2) is 19.7 Å². The van der Waals surface area contributed by atoms with Gasteiger partial charge in [-0.3, -0.25) is 0 Å². The van der Waals surface area contributed by atoms with E-state index in [9.17, 15) is 4.79 Å². The van der Waals surface area contributed by atoms with Crippen molar-refractivity contribution in [3.05, 3.63) is 42.7 Å². The van der Waals surface area contributed by atoms with Crippen LogP contribution in [0.3, 0.4) is 0 Å². The van der Waals surface area contributed by atoms with Crippen LogP contribution in [0.15, 0.2) is 37.1 Å². The van der Waals surface area contributed by atoms with E-state index in [0.29, 0.717) is 11.4 Å². The number of anilines is 2. The topological polar surface area (TPSA) is 88.0 Å². The molecule has 0 aromatic carbocycles. The van der Waals surface area contributed by atoms with Crippen LogP contribution in [0.1, 0.15) is 10.5 Å². The molecule has 6 heteroatoms. The first-order valence-corrected chi connectivity index (χ1v) is 4.47. The van der Waals surface area contributed by atoms with Crippen LogP contribution in [-0.4, -0.2) is 26.0 Å². The Bertz CT molecular complexity index is 484. The molecule has 0 fully saturated rings. The maximum absolute atomic E-state index is 10.6. The molecule has 0 amide bonds. The van der Waals surface area contributed by atoms with Gasteiger partial charge in [0.1, 0.15) is 12.0 Å². The van der Waals surface area contributed by atoms with Crippen LogP contribution in [0.2, 0.25) is 0 Å². The monoisotopic (exact) mass is 216 g/mol. The number of nitrogens with zero attached hydrogens (tertiary/aromatic N) is 3. The number of hydrogen-bond acceptors (Lipinski definition) is 5. The van der Waals surface area contributed by atoms with E-state index in [1.54, 1.807) is 18.5 Å². The fraction of sp³-hybridized carbons (Fsp3) is 0. The van der Waals surface area contributed by atoms with Crippen molar-refractivity contribution >= 4 is 17.3 Å². The summed E-state index contributed by atoms with van der Waals surface area (Å²) in [4.78, 5) is 22.0. The van der Waals surface area contributed by atoms with E-state index in [4.69, 9.17) is 5.11 Å². The predicted molar refractivity (Wildman–Crippen MR) is 56.5 cm³/mol. The maximum Gasteiger partial charge on any atom is 0.354 e. The lowest BCUT2D eigenvalue weighted by Gasteiger charge is -2.04. The normalized spacial score (nSPS) is 9.75. The molecule has 80 valence electrons. The molecule has 2 heterocycles. The summed E-state index contributed by atoms with van der Waals surface area (Å²) >= 11 is 0. The standard InChI is InChI=1S/C10H8N4O2/c15-10(16)9-2-1-7(5-13-9)14-8-3-11-6-12-4-8/h1-6,14H,(H,15,16). The van der Waals surface area contributed by atoms with Gasteiger partial charge in [0.25, 0.3) is 0 Å². The minimum absolute atomic E-state index is 0.00913. The summed E-state index contributed by atoms with van der Waals surface area (Å²) in [5.74, 6) is -1.05. The van der Waals surface area contributed by atoms with Crippen molar-refractivity contribution in [2.45, 2.75) is 0 Å². The van der Waals surface area contributed by atoms with Crippen LogP contribution in [0.25, 0.3) is 0 Å². The third-order valence-electron chi connectivity index (χ3n) is 1.83. The van der Waals surface area contributed by atoms with Gasteiger partial charge in [-0.05, 0) is 12.1 Å². The Hall–Kier alpha value is -2.50. The summed E-state index contributed by atoms with van der Waals surface area (Å²) in [5.41, 5.74) is 1.40. The molecule has 0 aliphatic rings. The average Bonchev–Trinajstić information content (AvgIpc) is 2.31. The molecule has 0 saturated heterocycles. The molecule has 0 saturated carbocycles. The number of aromatic nitrogens is 3. The molecular formula is C10H8N4O2. The second-order valence-electron chi connectivity index (χ2n) is 2.99. The smallest absolute Gasteiger partial charge is 0.354 e. The molecule has 0 unspecified atom stereocenters. The number of rotatable bonds is 3. The number of hydrogen-bond donors (Lipinski definition) is 2. The van der Waals surface area contributed by atoms with Crippen LogP contribution in [0, 0.1) is 0 Å². The van der Waals surface area contributed by atoms with Gasteiger partial charge in [-0.1, -0.05) is 0 Å². The Morgan fingerprint density at radius 1 is 1.12 bits per heavy atom. The van der Waals surface area contributed by atoms with Gasteiger partial charge >= 0.3 is 5.97 Å². The summed E-state index contributed by atoms with van der Waals surface area (Å²) in [6, 6.07) is 3.05. The molecule has 2 aromatic rings. The molecule has 0 atom stereocenters. The van der Waals surface area contributed by atoms with Crippen LogP contribution in [0.5, 0.6) is 0 Å². The van der Waals surface area contributed by atoms with Crippen molar-refractivity contribution in [3.63, 3.8) is 0 Å². The van der Waals surface area contributed by atoms with Gasteiger partial charge in [-0.2, -0.15) is 0 Å². The zero-order valence-electron chi connectivity index (χ0n) is 8.16. The van der Waals surface area contributed by atoms with Crippen LogP contribution in [-0.2, 0) is 0 Å². The Balaban J connectivity index is 2.14. The van der Waals surface area contributed by atoms with Crippen molar-refractivity contribution < 1.29 is 9.90 Å². The number of carbonyl (C=O) groups is 1. The first kappa shape index (κ1) is 10.0. The SMILES string of the molecule is O=C(O)c1ccc(Nc2cncnc2)cn1. The average molecular weight is 216 g/mol. The quantitative estimate of drug-likeness (QED) is 0.804. The van der Waals surface area contributed by atoms with E-state index >= 15 is 0 Å². The van der Waals surface area contributed by atoms with Crippen molar-refractivity contribution in [2.24, 2.45) is 0 Å². The van der Waals surface area contributed by atoms with Crippen molar-refractivity contribution in [1.29, 1.82) is 0 Å². The third-order valence-corrected chi connectivity index (χ3v) is 1.83. The molecule has 2 rings (SSSR count). The van der Waals surface area contributed by atoms with Crippen molar-refractivity contribution in [1.82, 2.24) is 15.0 Å². The molecular weight excluding hydrogens is 208 g/mol. The summed E-state index contributed by atoms with van der Waals surface area (Å²) in [6.07, 6.45) is 6.09. The number of nitrogens with one attached hydrogen (secondary N) is 1. The van der Waals surface area contributed by atoms with E-state index in [1.807, 2.05) is 0 Å². The van der Waals surface area contributed by atoms with E-state index in [2.05, 4.69) is 20.3 Å². The van der Waals surface area contributed by atoms with Crippen LogP contribution in [0.4, 0.5) is 11.4 Å². The number of carboxylic acids is 1. The van der Waals surface area contributed by atoms with Crippen molar-refractivity contribution in [3.8, 4) is 0 Å². The van der Waals surface area contributed by atoms with E-state index < -0.39 is 5.97 Å². The van der Waals surface area contributed by atoms with E-state index in [0.717, 1.165) is 0 Å². The van der Waals surface area contributed by atoms with Gasteiger partial charge in [-0.15, -0.1) is 0 Å². The molecule has 0 spiro atoms. The molecule has 0 aliphatic carbocycles. The third kappa shape index (κ3) is 2.30. The first-order valence-electron chi connectivity index (χ1n) is 4.47. The fourth-order valence-electron chi connectivity index (χ4n) is 1.12. The number of pyridine rings is 1. The van der Waals surface area contributed by atoms with Crippen molar-refractivity contribution in [2.75, 3.05) is 5.32 Å². The highest BCUT2D eigenvalue weighted by Gasteiger charge is 2.03. The van der Waals surface area contributed by atoms with E-state index in [1.165, 1.54) is 18.6 Å². The fourth-order valence-corrected chi connectivity index (χ4v) is 1.12. The van der Waals surface area contributed by atoms with E-state index in [-0.39, 0.29) is 5.69 Å². The van der Waals surface area contributed by atoms with Gasteiger partial charge in [0.15, 0.2) is 0 Å². The number of aromatic carboxylic acids is 1. The zero-order valence-corrected chi connectivity index (χ0v) is 8.16. The predicted octanol–water partition coefficient (Wildman–Crippen LogP) is 1.31. The molecule has 0 bridgehead atoms. The second kappa shape index (κ2) is 4.35. The minimum atomic E-state index is -1.05. The van der Waals surface area contributed by atoms with Gasteiger partial charge in [0, 0.05) is 0 Å². The maximum atomic E-state index is 10.6. The highest BCUT2D eigenvalue weighted by Crippen LogP contribution is 2.13. The molecule has 0 aliphatic heterocycles. The Morgan fingerprint density at radius 3 is 2.44 bits per heavy atom. The van der Waals surface area contributed by atoms with Crippen LogP contribution < -0.4 is 5.32 Å². The Labute approximate surface area is 91.0 Å². The largest absolute Gasteiger partial charge is 0.477 e. The van der Waals surface area contributed by atoms with Gasteiger partial charge in [0.05, 0.1) is 30.0 Å². The second-order valence-corrected chi connectivity index (χ2v) is 2.99. The lowest BCUT2D eigenvalue weighted by Crippen LogP contribution is -2.00. The Kier molecular flexibility index (Phi) is 2.73. The Morgan fingerprint density at radius 2 is 1.88 bits per heavy atom. The summed E-state index contributed by atoms with van der Waals surface area (Å²) in [7, 11) is 0. The zero-order chi connectivity index (χ0) is 11.4. The lowest BCUT2D eigenvalue weighted by atomic mass is 10.3. The molecule has 0 radical (unpaired) electrons. The molecule has 2 N–H and O–H groups in total. The molecule has 6 nitrogen and oxygen atoms in total. The lowest BCUT2D eigenvalue weighted by molar-refractivity contribution is 0.0690. The minimum Gasteiger partial charge on any atom is -0.477 e. The highest BCUT2D eigenvalue weighted by molar-refractivity contribution is 5.85. The summed E-state index contributed by atoms with van der Waals surface area (Å²) < 4.78 is 0. The summed E-state index contributed by atoms with van der Waals surface area (Å²) in [6.45, 7) is 0. The summed E-state index contributed by atoms with van der Waals surface area (Å²) in [5, 5.41) is 11.7. The van der Waals surface area contributed by atoms with Gasteiger partial charge in [0.2, 0.25) is 0 Å². The van der Waals surface area contributed by atoms with Crippen LogP contribution >= 0.6 is 0 Å². The first-order chi connectivity index (χ1) is 7.75. The number of carboxylic acid groups (broad SMARTS) is 1.